The molecule has 0 bridgehead atoms. The maximum Gasteiger partial charge on any atom is 0.273 e. The summed E-state index contributed by atoms with van der Waals surface area (Å²) in [5.74, 6) is 0.185. The number of halogens is 1. The van der Waals surface area contributed by atoms with Crippen molar-refractivity contribution in [3.8, 4) is 5.19 Å². The molecule has 1 aromatic carbocycles. The minimum absolute atomic E-state index is 0.0866. The van der Waals surface area contributed by atoms with Gasteiger partial charge >= 0.3 is 0 Å². The predicted octanol–water partition coefficient (Wildman–Crippen LogP) is 3.13. The lowest BCUT2D eigenvalue weighted by Crippen LogP contribution is -2.56. The van der Waals surface area contributed by atoms with E-state index in [1.54, 1.807) is 6.20 Å². The van der Waals surface area contributed by atoms with E-state index in [1.807, 2.05) is 34.5 Å². The number of carbonyl (C=O) groups is 1. The van der Waals surface area contributed by atoms with Crippen molar-refractivity contribution in [1.82, 2.24) is 9.88 Å². The van der Waals surface area contributed by atoms with Crippen molar-refractivity contribution in [3.05, 3.63) is 45.9 Å². The Morgan fingerprint density at radius 1 is 1.43 bits per heavy atom. The zero-order valence-corrected chi connectivity index (χ0v) is 13.8. The Labute approximate surface area is 135 Å². The number of carbonyl (C=O) groups excluding carboxylic acids is 1. The monoisotopic (exact) mass is 366 g/mol. The fraction of sp³-hybridized carbons (Fsp3) is 0.333. The van der Waals surface area contributed by atoms with Crippen LogP contribution in [0.3, 0.4) is 0 Å². The first-order valence-corrected chi connectivity index (χ1v) is 8.47. The van der Waals surface area contributed by atoms with Crippen LogP contribution in [0.25, 0.3) is 0 Å². The van der Waals surface area contributed by atoms with Gasteiger partial charge in [-0.1, -0.05) is 45.5 Å². The molecule has 1 fully saturated rings. The Balaban J connectivity index is 1.42. The molecule has 0 aliphatic carbocycles. The number of amides is 1. The van der Waals surface area contributed by atoms with Crippen LogP contribution in [0.1, 0.15) is 12.0 Å². The molecule has 1 saturated heterocycles. The molecule has 110 valence electrons. The molecule has 0 saturated carbocycles. The average molecular weight is 367 g/mol. The minimum Gasteiger partial charge on any atom is -0.463 e. The highest BCUT2D eigenvalue weighted by molar-refractivity contribution is 9.10. The first-order valence-electron chi connectivity index (χ1n) is 6.79. The zero-order valence-electron chi connectivity index (χ0n) is 11.4. The van der Waals surface area contributed by atoms with Crippen LogP contribution in [0.5, 0.6) is 5.19 Å². The van der Waals surface area contributed by atoms with Gasteiger partial charge in [0.05, 0.1) is 13.1 Å². The summed E-state index contributed by atoms with van der Waals surface area (Å²) in [4.78, 5) is 18.0. The molecule has 1 aromatic heterocycles. The molecule has 0 radical (unpaired) electrons. The number of nitrogens with zero attached hydrogens (tertiary/aromatic N) is 2. The number of benzene rings is 1. The molecule has 0 atom stereocenters. The molecule has 1 aliphatic rings. The maximum atomic E-state index is 12.1. The van der Waals surface area contributed by atoms with Gasteiger partial charge in [0.15, 0.2) is 0 Å². The number of aryl methyl sites for hydroxylation is 1. The van der Waals surface area contributed by atoms with Crippen LogP contribution in [-0.4, -0.2) is 35.0 Å². The van der Waals surface area contributed by atoms with E-state index in [0.29, 0.717) is 24.7 Å². The van der Waals surface area contributed by atoms with E-state index in [2.05, 4.69) is 20.9 Å². The van der Waals surface area contributed by atoms with Gasteiger partial charge in [-0.3, -0.25) is 4.79 Å². The summed E-state index contributed by atoms with van der Waals surface area (Å²) in [5, 5.41) is 2.56. The molecule has 2 aromatic rings. The Morgan fingerprint density at radius 2 is 2.24 bits per heavy atom. The van der Waals surface area contributed by atoms with Crippen molar-refractivity contribution in [2.45, 2.75) is 18.9 Å². The number of hydrogen-bond acceptors (Lipinski definition) is 4. The second-order valence-electron chi connectivity index (χ2n) is 4.93. The third-order valence-corrected chi connectivity index (χ3v) is 4.88. The van der Waals surface area contributed by atoms with E-state index in [-0.39, 0.29) is 12.0 Å². The normalized spacial score (nSPS) is 14.8. The first-order chi connectivity index (χ1) is 10.2. The van der Waals surface area contributed by atoms with Crippen molar-refractivity contribution in [2.75, 3.05) is 13.1 Å². The molecule has 4 nitrogen and oxygen atoms in total. The van der Waals surface area contributed by atoms with Crippen LogP contribution in [-0.2, 0) is 11.2 Å². The fourth-order valence-corrected chi connectivity index (χ4v) is 3.26. The van der Waals surface area contributed by atoms with Crippen LogP contribution in [0.15, 0.2) is 40.3 Å². The van der Waals surface area contributed by atoms with E-state index < -0.39 is 0 Å². The van der Waals surface area contributed by atoms with Gasteiger partial charge in [0, 0.05) is 22.5 Å². The van der Waals surface area contributed by atoms with Crippen LogP contribution < -0.4 is 4.74 Å². The first kappa shape index (κ1) is 14.5. The van der Waals surface area contributed by atoms with E-state index in [9.17, 15) is 4.79 Å². The smallest absolute Gasteiger partial charge is 0.273 e. The van der Waals surface area contributed by atoms with Crippen molar-refractivity contribution in [2.24, 2.45) is 0 Å². The van der Waals surface area contributed by atoms with Gasteiger partial charge in [-0.25, -0.2) is 4.98 Å². The van der Waals surface area contributed by atoms with E-state index in [1.165, 1.54) is 16.9 Å². The SMILES string of the molecule is O=C(CCc1ccccc1Br)N1CC(Oc2nccs2)C1. The molecule has 2 heterocycles. The summed E-state index contributed by atoms with van der Waals surface area (Å²) >= 11 is 4.98. The van der Waals surface area contributed by atoms with Crippen LogP contribution in [0.2, 0.25) is 0 Å². The predicted molar refractivity (Wildman–Crippen MR) is 85.6 cm³/mol. The van der Waals surface area contributed by atoms with Gasteiger partial charge in [-0.2, -0.15) is 0 Å². The van der Waals surface area contributed by atoms with Gasteiger partial charge in [0.2, 0.25) is 5.91 Å². The zero-order chi connectivity index (χ0) is 14.7. The summed E-state index contributed by atoms with van der Waals surface area (Å²) in [5.41, 5.74) is 1.17. The molecule has 21 heavy (non-hydrogen) atoms. The van der Waals surface area contributed by atoms with Gasteiger partial charge < -0.3 is 9.64 Å². The van der Waals surface area contributed by atoms with Crippen molar-refractivity contribution in [3.63, 3.8) is 0 Å². The van der Waals surface area contributed by atoms with Crippen LogP contribution in [0, 0.1) is 0 Å². The minimum atomic E-state index is 0.0866. The molecule has 3 rings (SSSR count). The summed E-state index contributed by atoms with van der Waals surface area (Å²) < 4.78 is 6.72. The second kappa shape index (κ2) is 6.58. The van der Waals surface area contributed by atoms with Crippen LogP contribution in [0.4, 0.5) is 0 Å². The number of thiazole rings is 1. The molecule has 1 amide bonds. The van der Waals surface area contributed by atoms with Crippen molar-refractivity contribution >= 4 is 33.2 Å². The highest BCUT2D eigenvalue weighted by atomic mass is 79.9. The largest absolute Gasteiger partial charge is 0.463 e. The Bertz CT molecular complexity index is 612. The third-order valence-electron chi connectivity index (χ3n) is 3.44. The topological polar surface area (TPSA) is 42.4 Å². The van der Waals surface area contributed by atoms with Gasteiger partial charge in [0.25, 0.3) is 5.19 Å². The molecule has 1 aliphatic heterocycles. The van der Waals surface area contributed by atoms with E-state index in [4.69, 9.17) is 4.74 Å². The number of likely N-dealkylation sites (tertiary alicyclic amines) is 1. The molecular weight excluding hydrogens is 352 g/mol. The molecular formula is C15H15BrN2O2S. The van der Waals surface area contributed by atoms with Gasteiger partial charge in [-0.05, 0) is 18.1 Å². The standard InChI is InChI=1S/C15H15BrN2O2S/c16-13-4-2-1-3-11(13)5-6-14(19)18-9-12(10-18)20-15-17-7-8-21-15/h1-4,7-8,12H,5-6,9-10H2. The lowest BCUT2D eigenvalue weighted by atomic mass is 10.1. The van der Waals surface area contributed by atoms with Crippen LogP contribution >= 0.6 is 27.3 Å². The highest BCUT2D eigenvalue weighted by Crippen LogP contribution is 2.22. The van der Waals surface area contributed by atoms with Crippen molar-refractivity contribution in [1.29, 1.82) is 0 Å². The number of aromatic nitrogens is 1. The lowest BCUT2D eigenvalue weighted by Gasteiger charge is -2.38. The Kier molecular flexibility index (Phi) is 4.55. The summed E-state index contributed by atoms with van der Waals surface area (Å²) in [6.45, 7) is 1.32. The molecule has 0 spiro atoms. The number of ether oxygens (including phenoxy) is 1. The number of rotatable bonds is 5. The van der Waals surface area contributed by atoms with Gasteiger partial charge in [-0.15, -0.1) is 0 Å². The molecule has 0 N–H and O–H groups in total. The Morgan fingerprint density at radius 3 is 2.95 bits per heavy atom. The average Bonchev–Trinajstić information content (AvgIpc) is 2.94. The summed E-state index contributed by atoms with van der Waals surface area (Å²) in [6.07, 6.45) is 3.10. The molecule has 6 heteroatoms. The summed E-state index contributed by atoms with van der Waals surface area (Å²) in [7, 11) is 0. The number of hydrogen-bond donors (Lipinski definition) is 0. The van der Waals surface area contributed by atoms with Gasteiger partial charge in [0.1, 0.15) is 6.10 Å². The van der Waals surface area contributed by atoms with Crippen molar-refractivity contribution < 1.29 is 9.53 Å². The Hall–Kier alpha value is -1.40. The maximum absolute atomic E-state index is 12.1. The fourth-order valence-electron chi connectivity index (χ4n) is 2.23. The highest BCUT2D eigenvalue weighted by Gasteiger charge is 2.32. The third kappa shape index (κ3) is 3.63. The lowest BCUT2D eigenvalue weighted by molar-refractivity contribution is -0.139. The molecule has 0 unspecified atom stereocenters. The van der Waals surface area contributed by atoms with E-state index >= 15 is 0 Å². The van der Waals surface area contributed by atoms with E-state index in [0.717, 1.165) is 10.9 Å². The summed E-state index contributed by atoms with van der Waals surface area (Å²) in [6, 6.07) is 8.01. The second-order valence-corrected chi connectivity index (χ2v) is 6.64. The quantitative estimate of drug-likeness (QED) is 0.816.